The lowest BCUT2D eigenvalue weighted by Crippen LogP contribution is -2.40. The highest BCUT2D eigenvalue weighted by Gasteiger charge is 2.23. The number of piperidine rings is 1. The average Bonchev–Trinajstić information content (AvgIpc) is 2.40. The number of aromatic nitrogens is 2. The van der Waals surface area contributed by atoms with E-state index in [1.54, 1.807) is 6.33 Å². The van der Waals surface area contributed by atoms with Crippen LogP contribution in [0.3, 0.4) is 0 Å². The summed E-state index contributed by atoms with van der Waals surface area (Å²) in [5.74, 6) is 1.44. The standard InChI is InChI=1S/C14H23N3O/c1-11(2)13-9-14(16-10-15-13)17-7-4-3-5-12(17)6-8-18/h9-12,18H,3-8H2,1-2H3. The third-order valence-electron chi connectivity index (χ3n) is 3.65. The Morgan fingerprint density at radius 3 is 2.94 bits per heavy atom. The van der Waals surface area contributed by atoms with Crippen molar-refractivity contribution in [3.05, 3.63) is 18.1 Å². The maximum Gasteiger partial charge on any atom is 0.132 e. The van der Waals surface area contributed by atoms with Crippen molar-refractivity contribution in [2.45, 2.75) is 51.5 Å². The first kappa shape index (κ1) is 13.3. The van der Waals surface area contributed by atoms with Crippen LogP contribution in [-0.2, 0) is 0 Å². The summed E-state index contributed by atoms with van der Waals surface area (Å²) in [7, 11) is 0. The second-order valence-electron chi connectivity index (χ2n) is 5.31. The number of rotatable bonds is 4. The minimum absolute atomic E-state index is 0.253. The molecule has 0 spiro atoms. The zero-order chi connectivity index (χ0) is 13.0. The summed E-state index contributed by atoms with van der Waals surface area (Å²) in [6, 6.07) is 2.53. The van der Waals surface area contributed by atoms with Crippen molar-refractivity contribution >= 4 is 5.82 Å². The first-order valence-corrected chi connectivity index (χ1v) is 6.92. The highest BCUT2D eigenvalue weighted by molar-refractivity contribution is 5.41. The molecule has 2 heterocycles. The summed E-state index contributed by atoms with van der Waals surface area (Å²) in [6.45, 7) is 5.59. The van der Waals surface area contributed by atoms with Crippen molar-refractivity contribution in [2.24, 2.45) is 0 Å². The molecule has 2 rings (SSSR count). The molecule has 1 atom stereocenters. The van der Waals surface area contributed by atoms with Crippen molar-refractivity contribution < 1.29 is 5.11 Å². The number of nitrogens with zero attached hydrogens (tertiary/aromatic N) is 3. The Hall–Kier alpha value is -1.16. The quantitative estimate of drug-likeness (QED) is 0.890. The van der Waals surface area contributed by atoms with Crippen LogP contribution in [0.1, 0.15) is 51.1 Å². The van der Waals surface area contributed by atoms with E-state index in [0.29, 0.717) is 12.0 Å². The van der Waals surface area contributed by atoms with Gasteiger partial charge in [-0.15, -0.1) is 0 Å². The van der Waals surface area contributed by atoms with Crippen molar-refractivity contribution in [3.63, 3.8) is 0 Å². The fourth-order valence-corrected chi connectivity index (χ4v) is 2.59. The van der Waals surface area contributed by atoms with E-state index >= 15 is 0 Å². The van der Waals surface area contributed by atoms with Crippen LogP contribution < -0.4 is 4.90 Å². The molecule has 0 aliphatic carbocycles. The lowest BCUT2D eigenvalue weighted by molar-refractivity contribution is 0.262. The second-order valence-corrected chi connectivity index (χ2v) is 5.31. The van der Waals surface area contributed by atoms with Gasteiger partial charge in [0.05, 0.1) is 0 Å². The Kier molecular flexibility index (Phi) is 4.53. The molecule has 100 valence electrons. The highest BCUT2D eigenvalue weighted by Crippen LogP contribution is 2.26. The summed E-state index contributed by atoms with van der Waals surface area (Å²) in [4.78, 5) is 11.1. The van der Waals surface area contributed by atoms with Crippen LogP contribution in [0.25, 0.3) is 0 Å². The summed E-state index contributed by atoms with van der Waals surface area (Å²) >= 11 is 0. The first-order valence-electron chi connectivity index (χ1n) is 6.92. The molecule has 1 aliphatic heterocycles. The van der Waals surface area contributed by atoms with Gasteiger partial charge in [0.25, 0.3) is 0 Å². The van der Waals surface area contributed by atoms with E-state index in [0.717, 1.165) is 30.9 Å². The van der Waals surface area contributed by atoms with Gasteiger partial charge in [0, 0.05) is 31.0 Å². The highest BCUT2D eigenvalue weighted by atomic mass is 16.3. The first-order chi connectivity index (χ1) is 8.72. The van der Waals surface area contributed by atoms with Gasteiger partial charge in [-0.2, -0.15) is 0 Å². The van der Waals surface area contributed by atoms with Crippen LogP contribution in [-0.4, -0.2) is 34.3 Å². The monoisotopic (exact) mass is 249 g/mol. The maximum absolute atomic E-state index is 9.17. The number of hydrogen-bond donors (Lipinski definition) is 1. The van der Waals surface area contributed by atoms with Crippen molar-refractivity contribution in [1.82, 2.24) is 9.97 Å². The fourth-order valence-electron chi connectivity index (χ4n) is 2.59. The second kappa shape index (κ2) is 6.14. The Morgan fingerprint density at radius 1 is 1.39 bits per heavy atom. The van der Waals surface area contributed by atoms with E-state index in [9.17, 15) is 0 Å². The fraction of sp³-hybridized carbons (Fsp3) is 0.714. The van der Waals surface area contributed by atoms with Crippen molar-refractivity contribution in [2.75, 3.05) is 18.1 Å². The van der Waals surface area contributed by atoms with Gasteiger partial charge < -0.3 is 10.0 Å². The van der Waals surface area contributed by atoms with E-state index in [4.69, 9.17) is 5.11 Å². The molecule has 0 aromatic carbocycles. The summed E-state index contributed by atoms with van der Waals surface area (Å²) in [5, 5.41) is 9.17. The molecule has 1 fully saturated rings. The molecule has 1 aliphatic rings. The summed E-state index contributed by atoms with van der Waals surface area (Å²) < 4.78 is 0. The van der Waals surface area contributed by atoms with Crippen LogP contribution in [0.15, 0.2) is 12.4 Å². The molecule has 0 radical (unpaired) electrons. The number of aliphatic hydroxyl groups is 1. The summed E-state index contributed by atoms with van der Waals surface area (Å²) in [5.41, 5.74) is 1.09. The van der Waals surface area contributed by atoms with Gasteiger partial charge in [0.2, 0.25) is 0 Å². The molecule has 18 heavy (non-hydrogen) atoms. The lowest BCUT2D eigenvalue weighted by Gasteiger charge is -2.36. The Morgan fingerprint density at radius 2 is 2.22 bits per heavy atom. The number of aliphatic hydroxyl groups excluding tert-OH is 1. The van der Waals surface area contributed by atoms with Crippen LogP contribution in [0, 0.1) is 0 Å². The smallest absolute Gasteiger partial charge is 0.132 e. The third-order valence-corrected chi connectivity index (χ3v) is 3.65. The zero-order valence-corrected chi connectivity index (χ0v) is 11.3. The molecule has 0 bridgehead atoms. The van der Waals surface area contributed by atoms with Crippen LogP contribution in [0.4, 0.5) is 5.82 Å². The Labute approximate surface area is 109 Å². The normalized spacial score (nSPS) is 20.4. The zero-order valence-electron chi connectivity index (χ0n) is 11.3. The van der Waals surface area contributed by atoms with Crippen molar-refractivity contribution in [1.29, 1.82) is 0 Å². The minimum Gasteiger partial charge on any atom is -0.396 e. The van der Waals surface area contributed by atoms with Gasteiger partial charge in [-0.25, -0.2) is 9.97 Å². The molecule has 1 aromatic rings. The summed E-state index contributed by atoms with van der Waals surface area (Å²) in [6.07, 6.45) is 6.12. The molecule has 1 unspecified atom stereocenters. The topological polar surface area (TPSA) is 49.2 Å². The van der Waals surface area contributed by atoms with E-state index in [1.807, 2.05) is 0 Å². The Bertz CT molecular complexity index is 379. The van der Waals surface area contributed by atoms with Crippen LogP contribution >= 0.6 is 0 Å². The van der Waals surface area contributed by atoms with Gasteiger partial charge in [-0.1, -0.05) is 13.8 Å². The minimum atomic E-state index is 0.253. The third kappa shape index (κ3) is 2.99. The van der Waals surface area contributed by atoms with Gasteiger partial charge in [0.1, 0.15) is 12.1 Å². The molecule has 4 heteroatoms. The number of anilines is 1. The maximum atomic E-state index is 9.17. The van der Waals surface area contributed by atoms with Gasteiger partial charge in [-0.05, 0) is 31.6 Å². The Balaban J connectivity index is 2.19. The van der Waals surface area contributed by atoms with Gasteiger partial charge >= 0.3 is 0 Å². The molecule has 1 aromatic heterocycles. The van der Waals surface area contributed by atoms with Crippen LogP contribution in [0.5, 0.6) is 0 Å². The number of hydrogen-bond acceptors (Lipinski definition) is 4. The SMILES string of the molecule is CC(C)c1cc(N2CCCCC2CCO)ncn1. The molecule has 4 nitrogen and oxygen atoms in total. The molecule has 0 saturated carbocycles. The predicted octanol–water partition coefficient (Wildman–Crippen LogP) is 2.34. The average molecular weight is 249 g/mol. The van der Waals surface area contributed by atoms with Gasteiger partial charge in [-0.3, -0.25) is 0 Å². The van der Waals surface area contributed by atoms with E-state index < -0.39 is 0 Å². The van der Waals surface area contributed by atoms with E-state index in [1.165, 1.54) is 12.8 Å². The predicted molar refractivity (Wildman–Crippen MR) is 72.8 cm³/mol. The molecular formula is C14H23N3O. The van der Waals surface area contributed by atoms with Crippen molar-refractivity contribution in [3.8, 4) is 0 Å². The molecule has 0 amide bonds. The van der Waals surface area contributed by atoms with Crippen LogP contribution in [0.2, 0.25) is 0 Å². The largest absolute Gasteiger partial charge is 0.396 e. The lowest BCUT2D eigenvalue weighted by atomic mass is 9.99. The molecule has 1 N–H and O–H groups in total. The molecule has 1 saturated heterocycles. The van der Waals surface area contributed by atoms with E-state index in [2.05, 4.69) is 34.8 Å². The van der Waals surface area contributed by atoms with E-state index in [-0.39, 0.29) is 6.61 Å². The van der Waals surface area contributed by atoms with Gasteiger partial charge in [0.15, 0.2) is 0 Å². The molecular weight excluding hydrogens is 226 g/mol.